The Labute approximate surface area is 488 Å². The molecule has 86 heavy (non-hydrogen) atoms. The number of nitrogens with zero attached hydrogens (tertiary/aromatic N) is 12. The number of benzene rings is 10. The molecule has 0 amide bonds. The van der Waals surface area contributed by atoms with E-state index in [-0.39, 0.29) is 73.4 Å². The van der Waals surface area contributed by atoms with Crippen LogP contribution in [0.15, 0.2) is 176 Å². The van der Waals surface area contributed by atoms with Gasteiger partial charge in [-0.15, -0.1) is 0 Å². The summed E-state index contributed by atoms with van der Waals surface area (Å²) in [6.07, 6.45) is -4.99. The summed E-state index contributed by atoms with van der Waals surface area (Å²) in [5.74, 6) is 0. The number of hydrogen-bond donors (Lipinski definition) is 0. The van der Waals surface area contributed by atoms with Gasteiger partial charge in [0.15, 0.2) is 34.1 Å². The van der Waals surface area contributed by atoms with Gasteiger partial charge in [-0.25, -0.2) is 33.9 Å². The molecule has 2 heterocycles. The highest BCUT2D eigenvalue weighted by Gasteiger charge is 2.37. The number of rotatable bonds is 7. The third kappa shape index (κ3) is 8.91. The molecular weight excluding hydrogens is 1080 g/mol. The lowest BCUT2D eigenvalue weighted by atomic mass is 9.94. The average molecular weight is 1110 g/mol. The highest BCUT2D eigenvalue weighted by atomic mass is 19.4. The normalized spacial score (nSPS) is 10.8. The summed E-state index contributed by atoms with van der Waals surface area (Å²) in [6.45, 7) is 56.6. The molecule has 15 heteroatoms. The number of nitriles is 3. The highest BCUT2D eigenvalue weighted by Crippen LogP contribution is 2.52. The average Bonchev–Trinajstić information content (AvgIpc) is 1.57. The van der Waals surface area contributed by atoms with Crippen molar-refractivity contribution in [1.82, 2.24) is 9.13 Å². The molecule has 10 aromatic carbocycles. The molecule has 0 fully saturated rings. The number of alkyl halides is 3. The van der Waals surface area contributed by atoms with Crippen molar-refractivity contribution in [1.29, 1.82) is 15.8 Å². The summed E-state index contributed by atoms with van der Waals surface area (Å²) in [5, 5.41) is 32.3. The minimum Gasteiger partial charge on any atom is -0.319 e. The molecule has 0 spiro atoms. The van der Waals surface area contributed by atoms with Gasteiger partial charge in [0.25, 0.3) is 0 Å². The van der Waals surface area contributed by atoms with E-state index in [4.69, 9.17) is 39.4 Å². The number of halogens is 3. The van der Waals surface area contributed by atoms with Crippen molar-refractivity contribution in [3.05, 3.63) is 278 Å². The van der Waals surface area contributed by atoms with Gasteiger partial charge >= 0.3 is 6.18 Å². The predicted molar refractivity (Wildman–Crippen MR) is 325 cm³/mol. The van der Waals surface area contributed by atoms with Crippen LogP contribution >= 0.6 is 0 Å². The van der Waals surface area contributed by atoms with Gasteiger partial charge in [0.1, 0.15) is 0 Å². The number of fused-ring (bicyclic) bond motifs is 6. The molecule has 394 valence electrons. The van der Waals surface area contributed by atoms with Crippen molar-refractivity contribution in [2.45, 2.75) is 6.18 Å². The van der Waals surface area contributed by atoms with E-state index in [0.717, 1.165) is 12.1 Å². The highest BCUT2D eigenvalue weighted by molar-refractivity contribution is 6.15. The number of hydrogen-bond acceptors (Lipinski definition) is 3. The molecule has 0 aliphatic carbocycles. The second kappa shape index (κ2) is 20.9. The van der Waals surface area contributed by atoms with Crippen LogP contribution < -0.4 is 0 Å². The van der Waals surface area contributed by atoms with Gasteiger partial charge in [-0.3, -0.25) is 0 Å². The van der Waals surface area contributed by atoms with Crippen LogP contribution in [0.25, 0.3) is 145 Å². The fourth-order valence-corrected chi connectivity index (χ4v) is 11.3. The maximum Gasteiger partial charge on any atom is 0.415 e. The van der Waals surface area contributed by atoms with Crippen molar-refractivity contribution >= 4 is 83.4 Å². The van der Waals surface area contributed by atoms with E-state index in [1.54, 1.807) is 95.6 Å². The Bertz CT molecular complexity index is 5100. The maximum atomic E-state index is 15.7. The molecule has 0 atom stereocenters. The summed E-state index contributed by atoms with van der Waals surface area (Å²) >= 11 is 0. The van der Waals surface area contributed by atoms with Crippen LogP contribution in [0.5, 0.6) is 0 Å². The van der Waals surface area contributed by atoms with Crippen LogP contribution in [0.2, 0.25) is 0 Å². The zero-order valence-corrected chi connectivity index (χ0v) is 44.2. The van der Waals surface area contributed by atoms with Gasteiger partial charge in [-0.05, 0) is 159 Å². The van der Waals surface area contributed by atoms with Crippen LogP contribution in [0.3, 0.4) is 0 Å². The van der Waals surface area contributed by atoms with Gasteiger partial charge in [0.2, 0.25) is 5.69 Å². The zero-order chi connectivity index (χ0) is 60.1. The lowest BCUT2D eigenvalue weighted by Gasteiger charge is -2.23. The monoisotopic (exact) mass is 1110 g/mol. The maximum absolute atomic E-state index is 15.7. The van der Waals surface area contributed by atoms with Crippen LogP contribution in [0, 0.1) is 80.0 Å². The van der Waals surface area contributed by atoms with E-state index in [2.05, 4.69) is 52.1 Å². The molecule has 12 rings (SSSR count). The van der Waals surface area contributed by atoms with Crippen LogP contribution in [0.1, 0.15) is 22.3 Å². The Balaban J connectivity index is 1.23. The Morgan fingerprint density at radius 2 is 0.733 bits per heavy atom. The summed E-state index contributed by atoms with van der Waals surface area (Å²) in [5.41, 5.74) is 6.41. The SMILES string of the molecule is [C-]#[N+]c1cc(C#N)cc(-c2ccc3c(c2)c2cc(-c4cc(C#N)cc([N+]#[C-])c4)ccc2n3-c2ccc(-c3c([N+]#[C-])cccc3C(F)(F)F)c(-n3c4ccc(-c5cc(C#N)cc([N+]#[C-])c5)cc4c4cc(-c5cc([N+]#[C-])cc([N+]#[C-])c5)ccc43)c2[N+]#[C-])c1. The molecule has 0 aliphatic rings. The van der Waals surface area contributed by atoms with Gasteiger partial charge in [0, 0.05) is 43.8 Å². The van der Waals surface area contributed by atoms with Crippen molar-refractivity contribution in [3.63, 3.8) is 0 Å². The van der Waals surface area contributed by atoms with Gasteiger partial charge < -0.3 is 9.13 Å². The minimum absolute atomic E-state index is 0.0186. The molecule has 0 bridgehead atoms. The van der Waals surface area contributed by atoms with E-state index < -0.39 is 17.3 Å². The number of aromatic nitrogens is 2. The standard InChI is InChI=1S/C71H29F3N12/c1-78-51-24-40(37-75)21-47(27-51)43-11-16-63-57(32-43)58-33-44(48-22-41(38-76)25-52(28-48)79-2)12-17-64(58)85(63)67-20-15-56(68-61(71(72,73)74)9-8-10-62(68)83-6)70(69(67)84-7)86-65-18-13-45(49-23-42(39-77)26-53(29-49)80-3)34-59(65)60-35-46(14-19-66(60)86)50-30-54(81-4)36-55(31-50)82-5/h8-36H. The summed E-state index contributed by atoms with van der Waals surface area (Å²) < 4.78 is 50.5. The van der Waals surface area contributed by atoms with Crippen molar-refractivity contribution < 1.29 is 13.2 Å². The van der Waals surface area contributed by atoms with Gasteiger partial charge in [-0.1, -0.05) is 66.7 Å². The smallest absolute Gasteiger partial charge is 0.319 e. The zero-order valence-electron chi connectivity index (χ0n) is 44.2. The van der Waals surface area contributed by atoms with E-state index in [1.165, 1.54) is 36.4 Å². The third-order valence-electron chi connectivity index (χ3n) is 15.0. The summed E-state index contributed by atoms with van der Waals surface area (Å²) in [6, 6.07) is 53.6. The lowest BCUT2D eigenvalue weighted by molar-refractivity contribution is -0.137. The molecular formula is C71H29F3N12. The topological polar surface area (TPSA) is 112 Å². The first-order chi connectivity index (χ1) is 41.7. The van der Waals surface area contributed by atoms with E-state index in [9.17, 15) is 22.4 Å². The predicted octanol–water partition coefficient (Wildman–Crippen LogP) is 20.7. The lowest BCUT2D eigenvalue weighted by Crippen LogP contribution is -2.09. The third-order valence-corrected chi connectivity index (χ3v) is 15.0. The quantitative estimate of drug-likeness (QED) is 0.148. The molecule has 12 aromatic rings. The fourth-order valence-electron chi connectivity index (χ4n) is 11.3. The fraction of sp³-hybridized carbons (Fsp3) is 0.0141. The van der Waals surface area contributed by atoms with Crippen molar-refractivity contribution in [3.8, 4) is 85.2 Å². The summed E-state index contributed by atoms with van der Waals surface area (Å²) in [4.78, 5) is 25.9. The second-order valence-electron chi connectivity index (χ2n) is 19.8. The first-order valence-corrected chi connectivity index (χ1v) is 25.7. The molecule has 0 radical (unpaired) electrons. The molecule has 12 nitrogen and oxygen atoms in total. The van der Waals surface area contributed by atoms with Gasteiger partial charge in [0.05, 0.1) is 103 Å². The Hall–Kier alpha value is -13.5. The van der Waals surface area contributed by atoms with Crippen LogP contribution in [0.4, 0.5) is 53.0 Å². The molecule has 0 unspecified atom stereocenters. The Morgan fingerprint density at radius 1 is 0.360 bits per heavy atom. The minimum atomic E-state index is -4.99. The molecule has 0 saturated heterocycles. The Kier molecular flexibility index (Phi) is 12.9. The molecule has 0 N–H and O–H groups in total. The first-order valence-electron chi connectivity index (χ1n) is 25.7. The molecule has 2 aromatic heterocycles. The first kappa shape index (κ1) is 53.1. The van der Waals surface area contributed by atoms with Crippen molar-refractivity contribution in [2.24, 2.45) is 0 Å². The Morgan fingerprint density at radius 3 is 1.08 bits per heavy atom. The van der Waals surface area contributed by atoms with E-state index >= 15 is 13.2 Å². The summed E-state index contributed by atoms with van der Waals surface area (Å²) in [7, 11) is 0. The largest absolute Gasteiger partial charge is 0.415 e. The van der Waals surface area contributed by atoms with Crippen LogP contribution in [-0.4, -0.2) is 9.13 Å². The van der Waals surface area contributed by atoms with Crippen molar-refractivity contribution in [2.75, 3.05) is 0 Å². The molecule has 0 saturated carbocycles. The molecule has 0 aliphatic heterocycles. The van der Waals surface area contributed by atoms with Gasteiger partial charge in [-0.2, -0.15) is 29.0 Å². The van der Waals surface area contributed by atoms with E-state index in [1.807, 2.05) is 41.0 Å². The van der Waals surface area contributed by atoms with E-state index in [0.29, 0.717) is 88.1 Å². The second-order valence-corrected chi connectivity index (χ2v) is 19.8. The van der Waals surface area contributed by atoms with Crippen LogP contribution in [-0.2, 0) is 6.18 Å².